The van der Waals surface area contributed by atoms with Crippen LogP contribution >= 0.6 is 0 Å². The fourth-order valence-electron chi connectivity index (χ4n) is 2.81. The van der Waals surface area contributed by atoms with E-state index in [1.807, 2.05) is 26.0 Å². The molecule has 6 nitrogen and oxygen atoms in total. The van der Waals surface area contributed by atoms with Crippen LogP contribution in [0.1, 0.15) is 43.9 Å². The maximum absolute atomic E-state index is 12.2. The van der Waals surface area contributed by atoms with Crippen LogP contribution < -0.4 is 14.5 Å². The molecule has 0 saturated heterocycles. The molecule has 2 aromatic carbocycles. The van der Waals surface area contributed by atoms with E-state index in [0.29, 0.717) is 23.6 Å². The number of rotatable bonds is 9. The van der Waals surface area contributed by atoms with Crippen LogP contribution in [0.25, 0.3) is 0 Å². The van der Waals surface area contributed by atoms with Crippen molar-refractivity contribution in [3.8, 4) is 11.5 Å². The lowest BCUT2D eigenvalue weighted by Gasteiger charge is -2.21. The fraction of sp³-hybridized carbons (Fsp3) is 0.381. The molecule has 27 heavy (non-hydrogen) atoms. The van der Waals surface area contributed by atoms with E-state index in [2.05, 4.69) is 18.3 Å². The molecule has 0 aliphatic rings. The summed E-state index contributed by atoms with van der Waals surface area (Å²) in [4.78, 5) is 23.6. The summed E-state index contributed by atoms with van der Waals surface area (Å²) in [6, 6.07) is 11.4. The Labute approximate surface area is 160 Å². The van der Waals surface area contributed by atoms with E-state index in [9.17, 15) is 9.70 Å². The van der Waals surface area contributed by atoms with Crippen LogP contribution in [0.5, 0.6) is 11.5 Å². The Kier molecular flexibility index (Phi) is 7.34. The summed E-state index contributed by atoms with van der Waals surface area (Å²) < 4.78 is 11.6. The maximum Gasteiger partial charge on any atom is 0.249 e. The number of nitroso groups, excluding NO2 is 1. The first-order chi connectivity index (χ1) is 13.0. The van der Waals surface area contributed by atoms with Gasteiger partial charge in [-0.3, -0.25) is 4.79 Å². The van der Waals surface area contributed by atoms with E-state index >= 15 is 0 Å². The smallest absolute Gasteiger partial charge is 0.249 e. The highest BCUT2D eigenvalue weighted by Crippen LogP contribution is 2.34. The first kappa shape index (κ1) is 20.4. The number of nitrogens with zero attached hydrogens (tertiary/aromatic N) is 2. The lowest BCUT2D eigenvalue weighted by atomic mass is 10.1. The van der Waals surface area contributed by atoms with Crippen LogP contribution in [-0.2, 0) is 17.8 Å². The van der Waals surface area contributed by atoms with Gasteiger partial charge in [-0.25, -0.2) is 0 Å². The van der Waals surface area contributed by atoms with E-state index in [1.165, 1.54) is 5.56 Å². The molecule has 2 aromatic rings. The summed E-state index contributed by atoms with van der Waals surface area (Å²) >= 11 is 0. The van der Waals surface area contributed by atoms with E-state index in [-0.39, 0.29) is 13.0 Å². The molecule has 0 heterocycles. The Bertz CT molecular complexity index is 805. The van der Waals surface area contributed by atoms with E-state index in [1.54, 1.807) is 25.1 Å². The average molecular weight is 370 g/mol. The monoisotopic (exact) mass is 370 g/mol. The van der Waals surface area contributed by atoms with Gasteiger partial charge >= 0.3 is 0 Å². The van der Waals surface area contributed by atoms with Gasteiger partial charge in [0.2, 0.25) is 5.91 Å². The summed E-state index contributed by atoms with van der Waals surface area (Å²) in [5.41, 5.74) is 3.26. The Hall–Kier alpha value is -2.89. The number of anilines is 1. The summed E-state index contributed by atoms with van der Waals surface area (Å²) in [5, 5.41) is 3.78. The number of hydrogen-bond acceptors (Lipinski definition) is 5. The second kappa shape index (κ2) is 9.71. The lowest BCUT2D eigenvalue weighted by Crippen LogP contribution is -2.25. The highest BCUT2D eigenvalue weighted by Gasteiger charge is 2.23. The first-order valence-electron chi connectivity index (χ1n) is 9.18. The van der Waals surface area contributed by atoms with Crippen molar-refractivity contribution in [2.24, 2.45) is 5.29 Å². The molecule has 0 N–H and O–H groups in total. The van der Waals surface area contributed by atoms with Gasteiger partial charge in [-0.2, -0.15) is 5.01 Å². The van der Waals surface area contributed by atoms with Gasteiger partial charge in [0.15, 0.2) is 0 Å². The molecule has 0 unspecified atom stereocenters. The summed E-state index contributed by atoms with van der Waals surface area (Å²) in [6.07, 6.45) is 1.12. The largest absolute Gasteiger partial charge is 0.492 e. The SMILES string of the molecule is CCOc1cccc(COc2ccc(CC)cc2C)c1N(N=O)C(=O)CC. The summed E-state index contributed by atoms with van der Waals surface area (Å²) in [5.74, 6) is 0.785. The summed E-state index contributed by atoms with van der Waals surface area (Å²) in [6.45, 7) is 8.20. The normalized spacial score (nSPS) is 10.4. The van der Waals surface area contributed by atoms with Crippen molar-refractivity contribution >= 4 is 11.6 Å². The summed E-state index contributed by atoms with van der Waals surface area (Å²) in [7, 11) is 0. The van der Waals surface area contributed by atoms with Crippen LogP contribution in [0.15, 0.2) is 41.7 Å². The minimum absolute atomic E-state index is 0.157. The Morgan fingerprint density at radius 1 is 1.07 bits per heavy atom. The highest BCUT2D eigenvalue weighted by atomic mass is 16.5. The molecule has 0 spiro atoms. The van der Waals surface area contributed by atoms with Crippen LogP contribution in [0.2, 0.25) is 0 Å². The number of para-hydroxylation sites is 1. The second-order valence-electron chi connectivity index (χ2n) is 6.08. The quantitative estimate of drug-likeness (QED) is 0.462. The minimum atomic E-state index is -0.401. The van der Waals surface area contributed by atoms with Crippen molar-refractivity contribution in [1.29, 1.82) is 0 Å². The number of carbonyl (C=O) groups is 1. The van der Waals surface area contributed by atoms with Crippen LogP contribution in [0.4, 0.5) is 5.69 Å². The highest BCUT2D eigenvalue weighted by molar-refractivity contribution is 5.94. The lowest BCUT2D eigenvalue weighted by molar-refractivity contribution is -0.118. The number of amides is 1. The molecular weight excluding hydrogens is 344 g/mol. The van der Waals surface area contributed by atoms with Crippen molar-refractivity contribution in [1.82, 2.24) is 0 Å². The van der Waals surface area contributed by atoms with E-state index < -0.39 is 5.91 Å². The van der Waals surface area contributed by atoms with Crippen molar-refractivity contribution in [3.63, 3.8) is 0 Å². The Morgan fingerprint density at radius 3 is 2.44 bits per heavy atom. The van der Waals surface area contributed by atoms with Crippen molar-refractivity contribution < 1.29 is 14.3 Å². The average Bonchev–Trinajstić information content (AvgIpc) is 2.68. The minimum Gasteiger partial charge on any atom is -0.492 e. The van der Waals surface area contributed by atoms with Crippen molar-refractivity contribution in [2.75, 3.05) is 11.6 Å². The first-order valence-corrected chi connectivity index (χ1v) is 9.18. The number of carbonyl (C=O) groups excluding carboxylic acids is 1. The molecule has 2 rings (SSSR count). The van der Waals surface area contributed by atoms with Gasteiger partial charge in [-0.15, -0.1) is 4.91 Å². The standard InChI is InChI=1S/C21H26N2O4/c1-5-16-11-12-18(15(4)13-16)27-14-17-9-8-10-19(26-7-3)21(17)23(22-25)20(24)6-2/h8-13H,5-7,14H2,1-4H3. The molecule has 1 amide bonds. The van der Waals surface area contributed by atoms with Crippen LogP contribution in [0, 0.1) is 11.8 Å². The number of ether oxygens (including phenoxy) is 2. The van der Waals surface area contributed by atoms with Gasteiger partial charge in [-0.1, -0.05) is 38.1 Å². The van der Waals surface area contributed by atoms with E-state index in [0.717, 1.165) is 22.7 Å². The molecule has 0 fully saturated rings. The third-order valence-electron chi connectivity index (χ3n) is 4.25. The van der Waals surface area contributed by atoms with Crippen molar-refractivity contribution in [2.45, 2.75) is 47.1 Å². The van der Waals surface area contributed by atoms with Gasteiger partial charge in [0.05, 0.1) is 11.9 Å². The van der Waals surface area contributed by atoms with E-state index in [4.69, 9.17) is 9.47 Å². The third kappa shape index (κ3) is 4.84. The second-order valence-corrected chi connectivity index (χ2v) is 6.08. The zero-order valence-corrected chi connectivity index (χ0v) is 16.3. The number of hydrogen-bond donors (Lipinski definition) is 0. The molecule has 144 valence electrons. The number of aryl methyl sites for hydroxylation is 2. The van der Waals surface area contributed by atoms with Crippen molar-refractivity contribution in [3.05, 3.63) is 58.0 Å². The molecule has 0 aliphatic carbocycles. The van der Waals surface area contributed by atoms with Crippen LogP contribution in [-0.4, -0.2) is 12.5 Å². The molecule has 0 aromatic heterocycles. The zero-order chi connectivity index (χ0) is 19.8. The molecule has 0 aliphatic heterocycles. The molecular formula is C21H26N2O4. The number of benzene rings is 2. The molecule has 0 radical (unpaired) electrons. The molecule has 0 saturated carbocycles. The van der Waals surface area contributed by atoms with Gasteiger partial charge in [0, 0.05) is 12.0 Å². The van der Waals surface area contributed by atoms with Gasteiger partial charge in [0.1, 0.15) is 23.8 Å². The fourth-order valence-corrected chi connectivity index (χ4v) is 2.81. The predicted molar refractivity (Wildman–Crippen MR) is 106 cm³/mol. The topological polar surface area (TPSA) is 68.2 Å². The van der Waals surface area contributed by atoms with Gasteiger partial charge in [0.25, 0.3) is 0 Å². The predicted octanol–water partition coefficient (Wildman–Crippen LogP) is 4.96. The maximum atomic E-state index is 12.2. The Balaban J connectivity index is 2.37. The van der Waals surface area contributed by atoms with Crippen LogP contribution in [0.3, 0.4) is 0 Å². The molecule has 0 bridgehead atoms. The molecule has 0 atom stereocenters. The Morgan fingerprint density at radius 2 is 1.85 bits per heavy atom. The third-order valence-corrected chi connectivity index (χ3v) is 4.25. The van der Waals surface area contributed by atoms with Gasteiger partial charge in [-0.05, 0) is 43.5 Å². The zero-order valence-electron chi connectivity index (χ0n) is 16.3. The molecule has 6 heteroatoms. The van der Waals surface area contributed by atoms with Gasteiger partial charge < -0.3 is 9.47 Å².